The highest BCUT2D eigenvalue weighted by Gasteiger charge is 2.42. The molecule has 176 valence electrons. The molecule has 0 spiro atoms. The minimum atomic E-state index is -2.64. The van der Waals surface area contributed by atoms with Gasteiger partial charge < -0.3 is 4.43 Å². The Morgan fingerprint density at radius 2 is 0.971 bits per heavy atom. The van der Waals surface area contributed by atoms with Crippen LogP contribution in [0.4, 0.5) is 0 Å². The Labute approximate surface area is 211 Å². The highest BCUT2D eigenvalue weighted by atomic mass is 28.4. The standard InChI is InChI=1S/C33H34OSi/c1-33(28-16-11-12-17-28,29-18-13-14-19-29)26-15-27-34-35(30-20-5-2-6-21-30,31-22-7-3-8-23-31)32-24-9-4-10-25-32/h2-14,16-25,28-29H,15,26-27H2,1H3. The molecule has 0 bridgehead atoms. The molecule has 2 aliphatic rings. The molecule has 5 rings (SSSR count). The summed E-state index contributed by atoms with van der Waals surface area (Å²) in [5.41, 5.74) is 0.146. The number of rotatable bonds is 10. The second-order valence-corrected chi connectivity index (χ2v) is 13.2. The summed E-state index contributed by atoms with van der Waals surface area (Å²) in [7, 11) is -2.64. The third-order valence-corrected chi connectivity index (χ3v) is 11.8. The van der Waals surface area contributed by atoms with Gasteiger partial charge in [-0.3, -0.25) is 0 Å². The molecule has 0 radical (unpaired) electrons. The maximum absolute atomic E-state index is 7.18. The molecule has 3 aromatic rings. The second-order valence-electron chi connectivity index (χ2n) is 9.83. The van der Waals surface area contributed by atoms with E-state index in [1.54, 1.807) is 0 Å². The molecule has 3 aromatic carbocycles. The van der Waals surface area contributed by atoms with Gasteiger partial charge in [0, 0.05) is 18.4 Å². The summed E-state index contributed by atoms with van der Waals surface area (Å²) >= 11 is 0. The maximum Gasteiger partial charge on any atom is 0.288 e. The van der Waals surface area contributed by atoms with E-state index in [2.05, 4.69) is 147 Å². The number of benzene rings is 3. The number of hydrogen-bond acceptors (Lipinski definition) is 1. The Bertz CT molecular complexity index is 1060. The predicted molar refractivity (Wildman–Crippen MR) is 151 cm³/mol. The highest BCUT2D eigenvalue weighted by molar-refractivity contribution is 7.07. The van der Waals surface area contributed by atoms with Crippen molar-refractivity contribution in [2.75, 3.05) is 6.61 Å². The summed E-state index contributed by atoms with van der Waals surface area (Å²) in [6.45, 7) is 3.18. The van der Waals surface area contributed by atoms with E-state index in [1.807, 2.05) is 0 Å². The molecule has 2 aliphatic carbocycles. The van der Waals surface area contributed by atoms with Crippen molar-refractivity contribution in [1.82, 2.24) is 0 Å². The molecule has 0 aliphatic heterocycles. The normalized spacial score (nSPS) is 15.9. The van der Waals surface area contributed by atoms with E-state index in [1.165, 1.54) is 15.6 Å². The summed E-state index contributed by atoms with van der Waals surface area (Å²) in [6, 6.07) is 32.6. The lowest BCUT2D eigenvalue weighted by Gasteiger charge is -2.39. The van der Waals surface area contributed by atoms with Crippen LogP contribution in [-0.2, 0) is 4.43 Å². The van der Waals surface area contributed by atoms with Crippen molar-refractivity contribution in [3.63, 3.8) is 0 Å². The fourth-order valence-electron chi connectivity index (χ4n) is 5.75. The second kappa shape index (κ2) is 10.6. The van der Waals surface area contributed by atoms with Crippen LogP contribution < -0.4 is 15.6 Å². The monoisotopic (exact) mass is 474 g/mol. The first-order valence-corrected chi connectivity index (χ1v) is 14.6. The molecular weight excluding hydrogens is 440 g/mol. The van der Waals surface area contributed by atoms with Crippen molar-refractivity contribution in [3.8, 4) is 0 Å². The molecule has 0 saturated heterocycles. The van der Waals surface area contributed by atoms with Crippen molar-refractivity contribution in [2.24, 2.45) is 17.3 Å². The first-order valence-electron chi connectivity index (χ1n) is 12.7. The molecule has 1 nitrogen and oxygen atoms in total. The smallest absolute Gasteiger partial charge is 0.288 e. The molecule has 0 saturated carbocycles. The van der Waals surface area contributed by atoms with Crippen molar-refractivity contribution < 1.29 is 4.43 Å². The van der Waals surface area contributed by atoms with Gasteiger partial charge in [-0.1, -0.05) is 147 Å². The number of allylic oxidation sites excluding steroid dienone is 8. The average Bonchev–Trinajstić information content (AvgIpc) is 3.66. The zero-order valence-electron chi connectivity index (χ0n) is 20.5. The van der Waals surface area contributed by atoms with Crippen LogP contribution in [0.15, 0.2) is 140 Å². The Morgan fingerprint density at radius 1 is 0.600 bits per heavy atom. The molecule has 0 fully saturated rings. The summed E-state index contributed by atoms with van der Waals surface area (Å²) in [5.74, 6) is 0.915. The topological polar surface area (TPSA) is 9.23 Å². The van der Waals surface area contributed by atoms with Crippen LogP contribution in [0.5, 0.6) is 0 Å². The van der Waals surface area contributed by atoms with Gasteiger partial charge in [-0.2, -0.15) is 0 Å². The van der Waals surface area contributed by atoms with E-state index in [4.69, 9.17) is 4.43 Å². The molecule has 0 N–H and O–H groups in total. The fourth-order valence-corrected chi connectivity index (χ4v) is 9.68. The minimum absolute atomic E-state index is 0.146. The van der Waals surface area contributed by atoms with E-state index in [-0.39, 0.29) is 5.41 Å². The van der Waals surface area contributed by atoms with Gasteiger partial charge in [0.2, 0.25) is 0 Å². The van der Waals surface area contributed by atoms with E-state index in [0.29, 0.717) is 11.8 Å². The quantitative estimate of drug-likeness (QED) is 0.201. The zero-order chi connectivity index (χ0) is 24.0. The molecule has 0 amide bonds. The SMILES string of the molecule is CC(CCCO[Si](c1ccccc1)(c1ccccc1)c1ccccc1)(C1C=CC=C1)C1C=CC=C1. The third-order valence-electron chi connectivity index (χ3n) is 7.74. The summed E-state index contributed by atoms with van der Waals surface area (Å²) in [5, 5.41) is 3.88. The lowest BCUT2D eigenvalue weighted by atomic mass is 9.66. The Morgan fingerprint density at radius 3 is 1.34 bits per heavy atom. The molecule has 35 heavy (non-hydrogen) atoms. The van der Waals surface area contributed by atoms with Gasteiger partial charge in [0.1, 0.15) is 0 Å². The van der Waals surface area contributed by atoms with Crippen molar-refractivity contribution in [1.29, 1.82) is 0 Å². The maximum atomic E-state index is 7.18. The third kappa shape index (κ3) is 4.69. The van der Waals surface area contributed by atoms with Gasteiger partial charge >= 0.3 is 0 Å². The van der Waals surface area contributed by atoms with Gasteiger partial charge in [-0.15, -0.1) is 0 Å². The Balaban J connectivity index is 1.45. The predicted octanol–water partition coefficient (Wildman–Crippen LogP) is 5.94. The summed E-state index contributed by atoms with van der Waals surface area (Å²) in [6.07, 6.45) is 20.3. The molecule has 2 heteroatoms. The van der Waals surface area contributed by atoms with Gasteiger partial charge in [0.25, 0.3) is 8.32 Å². The van der Waals surface area contributed by atoms with Crippen LogP contribution in [-0.4, -0.2) is 14.9 Å². The zero-order valence-corrected chi connectivity index (χ0v) is 21.5. The van der Waals surface area contributed by atoms with Crippen LogP contribution in [0.25, 0.3) is 0 Å². The first kappa shape index (κ1) is 23.5. The van der Waals surface area contributed by atoms with Gasteiger partial charge in [-0.05, 0) is 33.8 Å². The molecule has 0 aromatic heterocycles. The van der Waals surface area contributed by atoms with Crippen LogP contribution >= 0.6 is 0 Å². The van der Waals surface area contributed by atoms with Crippen LogP contribution in [0, 0.1) is 17.3 Å². The van der Waals surface area contributed by atoms with Crippen molar-refractivity contribution in [2.45, 2.75) is 19.8 Å². The molecular formula is C33H34OSi. The molecule has 0 heterocycles. The fraction of sp³-hybridized carbons (Fsp3) is 0.212. The molecule has 0 unspecified atom stereocenters. The molecule has 0 atom stereocenters. The number of hydrogen-bond donors (Lipinski definition) is 0. The van der Waals surface area contributed by atoms with Crippen LogP contribution in [0.1, 0.15) is 19.8 Å². The summed E-state index contributed by atoms with van der Waals surface area (Å²) in [4.78, 5) is 0. The Kier molecular flexibility index (Phi) is 7.13. The minimum Gasteiger partial charge on any atom is -0.404 e. The van der Waals surface area contributed by atoms with Crippen LogP contribution in [0.2, 0.25) is 0 Å². The Hall–Kier alpha value is -3.20. The van der Waals surface area contributed by atoms with E-state index in [0.717, 1.165) is 19.4 Å². The largest absolute Gasteiger partial charge is 0.404 e. The summed E-state index contributed by atoms with van der Waals surface area (Å²) < 4.78 is 7.18. The van der Waals surface area contributed by atoms with Crippen LogP contribution in [0.3, 0.4) is 0 Å². The average molecular weight is 475 g/mol. The lowest BCUT2D eigenvalue weighted by Crippen LogP contribution is -2.69. The first-order chi connectivity index (χ1) is 17.2. The van der Waals surface area contributed by atoms with E-state index >= 15 is 0 Å². The lowest BCUT2D eigenvalue weighted by molar-refractivity contribution is 0.175. The van der Waals surface area contributed by atoms with Gasteiger partial charge in [0.05, 0.1) is 0 Å². The van der Waals surface area contributed by atoms with Gasteiger partial charge in [0.15, 0.2) is 0 Å². The van der Waals surface area contributed by atoms with Crippen molar-refractivity contribution >= 4 is 23.9 Å². The highest BCUT2D eigenvalue weighted by Crippen LogP contribution is 2.45. The van der Waals surface area contributed by atoms with E-state index in [9.17, 15) is 0 Å². The van der Waals surface area contributed by atoms with Gasteiger partial charge in [-0.25, -0.2) is 0 Å². The van der Waals surface area contributed by atoms with E-state index < -0.39 is 8.32 Å². The van der Waals surface area contributed by atoms with Crippen molar-refractivity contribution in [3.05, 3.63) is 140 Å².